The van der Waals surface area contributed by atoms with Crippen molar-refractivity contribution in [3.8, 4) is 5.75 Å². The van der Waals surface area contributed by atoms with E-state index in [4.69, 9.17) is 14.9 Å². The van der Waals surface area contributed by atoms with Crippen LogP contribution < -0.4 is 4.89 Å². The van der Waals surface area contributed by atoms with Crippen molar-refractivity contribution in [3.05, 3.63) is 66.2 Å². The largest absolute Gasteiger partial charge is 0.478 e. The predicted molar refractivity (Wildman–Crippen MR) is 81.3 cm³/mol. The van der Waals surface area contributed by atoms with Crippen LogP contribution in [0.4, 0.5) is 0 Å². The van der Waals surface area contributed by atoms with Crippen molar-refractivity contribution in [3.63, 3.8) is 0 Å². The third-order valence-electron chi connectivity index (χ3n) is 2.15. The van der Waals surface area contributed by atoms with Gasteiger partial charge >= 0.3 is 5.97 Å². The van der Waals surface area contributed by atoms with Gasteiger partial charge in [0.15, 0.2) is 5.75 Å². The quantitative estimate of drug-likeness (QED) is 0.680. The molecule has 0 spiro atoms. The van der Waals surface area contributed by atoms with Crippen LogP contribution in [-0.2, 0) is 4.89 Å². The minimum atomic E-state index is -0.879. The summed E-state index contributed by atoms with van der Waals surface area (Å²) < 4.78 is 0. The lowest BCUT2D eigenvalue weighted by Crippen LogP contribution is -2.21. The molecule has 4 nitrogen and oxygen atoms in total. The van der Waals surface area contributed by atoms with Crippen molar-refractivity contribution in [2.45, 2.75) is 26.4 Å². The van der Waals surface area contributed by atoms with E-state index >= 15 is 0 Å². The molecule has 0 atom stereocenters. The van der Waals surface area contributed by atoms with Crippen LogP contribution in [0.15, 0.2) is 60.7 Å². The summed E-state index contributed by atoms with van der Waals surface area (Å²) in [6.45, 7) is 5.82. The SMILES string of the molecule is CC(C)(C)OOc1ccccc1.O=C(O)c1ccccc1. The average Bonchev–Trinajstić information content (AvgIpc) is 2.47. The van der Waals surface area contributed by atoms with E-state index in [9.17, 15) is 4.79 Å². The highest BCUT2D eigenvalue weighted by Crippen LogP contribution is 2.13. The van der Waals surface area contributed by atoms with Crippen LogP contribution in [-0.4, -0.2) is 16.7 Å². The molecule has 4 heteroatoms. The van der Waals surface area contributed by atoms with Crippen molar-refractivity contribution in [1.82, 2.24) is 0 Å². The molecule has 112 valence electrons. The van der Waals surface area contributed by atoms with Gasteiger partial charge in [0.2, 0.25) is 0 Å². The Morgan fingerprint density at radius 2 is 1.38 bits per heavy atom. The number of para-hydroxylation sites is 1. The lowest BCUT2D eigenvalue weighted by atomic mass is 10.2. The lowest BCUT2D eigenvalue weighted by Gasteiger charge is -2.17. The Balaban J connectivity index is 0.000000219. The molecule has 2 aromatic carbocycles. The molecule has 2 rings (SSSR count). The monoisotopic (exact) mass is 288 g/mol. The molecule has 0 aliphatic carbocycles. The van der Waals surface area contributed by atoms with Gasteiger partial charge in [0, 0.05) is 0 Å². The molecule has 0 amide bonds. The first kappa shape index (κ1) is 16.7. The first-order valence-electron chi connectivity index (χ1n) is 6.57. The molecular weight excluding hydrogens is 268 g/mol. The highest BCUT2D eigenvalue weighted by Gasteiger charge is 2.11. The second kappa shape index (κ2) is 8.07. The second-order valence-corrected chi connectivity index (χ2v) is 5.26. The minimum absolute atomic E-state index is 0.268. The summed E-state index contributed by atoms with van der Waals surface area (Å²) >= 11 is 0. The van der Waals surface area contributed by atoms with Gasteiger partial charge in [-0.2, -0.15) is 4.89 Å². The van der Waals surface area contributed by atoms with E-state index in [1.165, 1.54) is 0 Å². The number of carbonyl (C=O) groups is 1. The van der Waals surface area contributed by atoms with Gasteiger partial charge in [0.1, 0.15) is 5.60 Å². The number of hydrogen-bond acceptors (Lipinski definition) is 3. The predicted octanol–water partition coefficient (Wildman–Crippen LogP) is 4.18. The van der Waals surface area contributed by atoms with Crippen LogP contribution in [0, 0.1) is 0 Å². The molecule has 0 saturated heterocycles. The Bertz CT molecular complexity index is 530. The molecule has 0 bridgehead atoms. The second-order valence-electron chi connectivity index (χ2n) is 5.26. The van der Waals surface area contributed by atoms with E-state index in [0.29, 0.717) is 5.56 Å². The molecule has 0 aliphatic heterocycles. The fourth-order valence-corrected chi connectivity index (χ4v) is 1.23. The molecule has 1 N–H and O–H groups in total. The highest BCUT2D eigenvalue weighted by atomic mass is 17.2. The van der Waals surface area contributed by atoms with Gasteiger partial charge in [-0.1, -0.05) is 36.4 Å². The standard InChI is InChI=1S/C10H14O2.C7H6O2/c1-10(2,3)12-11-9-7-5-4-6-8-9;8-7(9)6-4-2-1-3-5-6/h4-8H,1-3H3;1-5H,(H,8,9). The van der Waals surface area contributed by atoms with Gasteiger partial charge in [-0.3, -0.25) is 0 Å². The number of carboxylic acid groups (broad SMARTS) is 1. The van der Waals surface area contributed by atoms with Crippen LogP contribution in [0.25, 0.3) is 0 Å². The van der Waals surface area contributed by atoms with Crippen LogP contribution in [0.1, 0.15) is 31.1 Å². The zero-order chi connectivity index (χ0) is 15.7. The molecule has 21 heavy (non-hydrogen) atoms. The lowest BCUT2D eigenvalue weighted by molar-refractivity contribution is -0.274. The number of hydrogen-bond donors (Lipinski definition) is 1. The Labute approximate surface area is 124 Å². The van der Waals surface area contributed by atoms with Crippen molar-refractivity contribution in [1.29, 1.82) is 0 Å². The van der Waals surface area contributed by atoms with E-state index in [0.717, 1.165) is 5.75 Å². The van der Waals surface area contributed by atoms with Crippen molar-refractivity contribution < 1.29 is 19.7 Å². The maximum Gasteiger partial charge on any atom is 0.335 e. The zero-order valence-electron chi connectivity index (χ0n) is 12.4. The summed E-state index contributed by atoms with van der Waals surface area (Å²) in [5, 5.41) is 8.38. The van der Waals surface area contributed by atoms with E-state index < -0.39 is 5.97 Å². The summed E-state index contributed by atoms with van der Waals surface area (Å²) in [7, 11) is 0. The summed E-state index contributed by atoms with van der Waals surface area (Å²) in [4.78, 5) is 20.4. The molecule has 0 aromatic heterocycles. The van der Waals surface area contributed by atoms with Crippen LogP contribution in [0.2, 0.25) is 0 Å². The average molecular weight is 288 g/mol. The van der Waals surface area contributed by atoms with Crippen molar-refractivity contribution in [2.24, 2.45) is 0 Å². The van der Waals surface area contributed by atoms with Crippen LogP contribution >= 0.6 is 0 Å². The molecule has 0 unspecified atom stereocenters. The molecule has 0 saturated carbocycles. The topological polar surface area (TPSA) is 55.8 Å². The van der Waals surface area contributed by atoms with Gasteiger partial charge in [-0.15, -0.1) is 0 Å². The van der Waals surface area contributed by atoms with E-state index in [1.807, 2.05) is 51.1 Å². The van der Waals surface area contributed by atoms with Crippen LogP contribution in [0.5, 0.6) is 5.75 Å². The highest BCUT2D eigenvalue weighted by molar-refractivity contribution is 5.87. The van der Waals surface area contributed by atoms with Gasteiger partial charge in [0.25, 0.3) is 0 Å². The maximum atomic E-state index is 10.2. The van der Waals surface area contributed by atoms with Gasteiger partial charge in [0.05, 0.1) is 5.56 Å². The van der Waals surface area contributed by atoms with Gasteiger partial charge < -0.3 is 9.99 Å². The summed E-state index contributed by atoms with van der Waals surface area (Å²) in [5.74, 6) is -0.150. The summed E-state index contributed by atoms with van der Waals surface area (Å²) in [5.41, 5.74) is 0.0630. The minimum Gasteiger partial charge on any atom is -0.478 e. The van der Waals surface area contributed by atoms with Crippen molar-refractivity contribution in [2.75, 3.05) is 0 Å². The Morgan fingerprint density at radius 3 is 1.76 bits per heavy atom. The summed E-state index contributed by atoms with van der Waals surface area (Å²) in [6.07, 6.45) is 0. The smallest absolute Gasteiger partial charge is 0.335 e. The number of aromatic carboxylic acids is 1. The molecule has 0 heterocycles. The molecule has 0 aliphatic rings. The zero-order valence-corrected chi connectivity index (χ0v) is 12.4. The normalized spacial score (nSPS) is 10.2. The molecule has 0 radical (unpaired) electrons. The number of rotatable bonds is 3. The number of benzene rings is 2. The van der Waals surface area contributed by atoms with E-state index in [2.05, 4.69) is 0 Å². The van der Waals surface area contributed by atoms with E-state index in [1.54, 1.807) is 30.3 Å². The maximum absolute atomic E-state index is 10.2. The van der Waals surface area contributed by atoms with Crippen molar-refractivity contribution >= 4 is 5.97 Å². The third-order valence-corrected chi connectivity index (χ3v) is 2.15. The van der Waals surface area contributed by atoms with E-state index in [-0.39, 0.29) is 5.60 Å². The fourth-order valence-electron chi connectivity index (χ4n) is 1.23. The molecule has 0 fully saturated rings. The third kappa shape index (κ3) is 7.74. The van der Waals surface area contributed by atoms with Gasteiger partial charge in [-0.25, -0.2) is 4.79 Å². The molecular formula is C17H20O4. The fraction of sp³-hybridized carbons (Fsp3) is 0.235. The molecule has 2 aromatic rings. The number of carboxylic acids is 1. The Kier molecular flexibility index (Phi) is 6.43. The first-order chi connectivity index (χ1) is 9.88. The summed E-state index contributed by atoms with van der Waals surface area (Å²) in [6, 6.07) is 17.7. The van der Waals surface area contributed by atoms with Gasteiger partial charge in [-0.05, 0) is 45.0 Å². The first-order valence-corrected chi connectivity index (χ1v) is 6.57. The van der Waals surface area contributed by atoms with Crippen LogP contribution in [0.3, 0.4) is 0 Å². The Hall–Kier alpha value is -2.33. The Morgan fingerprint density at radius 1 is 0.905 bits per heavy atom.